The van der Waals surface area contributed by atoms with Crippen LogP contribution >= 0.6 is 23.1 Å². The standard InChI is InChI=1S/C17H14N2OS2/c1-4-7-21-17-18-15(20)14-13(9-22-16(14)19-17)12-6-5-10(2)8-11(12)3/h1,5-6,8-9H,7H2,2-3H3,(H,18,19,20). The predicted molar refractivity (Wildman–Crippen MR) is 94.7 cm³/mol. The number of nitrogens with one attached hydrogen (secondary N) is 1. The van der Waals surface area contributed by atoms with E-state index in [9.17, 15) is 4.79 Å². The number of rotatable bonds is 3. The van der Waals surface area contributed by atoms with Crippen molar-refractivity contribution in [2.45, 2.75) is 19.0 Å². The molecular formula is C17H14N2OS2. The van der Waals surface area contributed by atoms with Crippen LogP contribution in [0.2, 0.25) is 0 Å². The van der Waals surface area contributed by atoms with Crippen LogP contribution < -0.4 is 5.56 Å². The molecule has 1 aromatic carbocycles. The van der Waals surface area contributed by atoms with Crippen molar-refractivity contribution in [1.29, 1.82) is 0 Å². The summed E-state index contributed by atoms with van der Waals surface area (Å²) < 4.78 is 0. The van der Waals surface area contributed by atoms with Crippen LogP contribution in [0, 0.1) is 26.2 Å². The van der Waals surface area contributed by atoms with Crippen molar-refractivity contribution >= 4 is 33.3 Å². The fraction of sp³-hybridized carbons (Fsp3) is 0.176. The van der Waals surface area contributed by atoms with E-state index in [1.807, 2.05) is 5.38 Å². The zero-order valence-electron chi connectivity index (χ0n) is 12.3. The van der Waals surface area contributed by atoms with E-state index in [2.05, 4.69) is 47.9 Å². The molecule has 0 aliphatic rings. The summed E-state index contributed by atoms with van der Waals surface area (Å²) in [6.07, 6.45) is 5.25. The summed E-state index contributed by atoms with van der Waals surface area (Å²) in [5.74, 6) is 3.02. The smallest absolute Gasteiger partial charge is 0.260 e. The second kappa shape index (κ2) is 5.99. The van der Waals surface area contributed by atoms with Gasteiger partial charge in [0, 0.05) is 10.9 Å². The van der Waals surface area contributed by atoms with Gasteiger partial charge in [-0.25, -0.2) is 4.98 Å². The lowest BCUT2D eigenvalue weighted by Gasteiger charge is -2.06. The Kier molecular flexibility index (Phi) is 4.06. The minimum atomic E-state index is -0.110. The van der Waals surface area contributed by atoms with E-state index in [-0.39, 0.29) is 5.56 Å². The highest BCUT2D eigenvalue weighted by Crippen LogP contribution is 2.33. The zero-order chi connectivity index (χ0) is 15.7. The van der Waals surface area contributed by atoms with Crippen molar-refractivity contribution in [1.82, 2.24) is 9.97 Å². The van der Waals surface area contributed by atoms with Crippen molar-refractivity contribution in [3.63, 3.8) is 0 Å². The molecule has 0 bridgehead atoms. The maximum absolute atomic E-state index is 12.4. The van der Waals surface area contributed by atoms with Crippen molar-refractivity contribution in [3.05, 3.63) is 45.1 Å². The average Bonchev–Trinajstić information content (AvgIpc) is 2.89. The Hall–Kier alpha value is -2.03. The number of nitrogens with zero attached hydrogens (tertiary/aromatic N) is 1. The minimum Gasteiger partial charge on any atom is -0.301 e. The predicted octanol–water partition coefficient (Wildman–Crippen LogP) is 3.99. The van der Waals surface area contributed by atoms with Gasteiger partial charge in [0.25, 0.3) is 5.56 Å². The Morgan fingerprint density at radius 3 is 2.91 bits per heavy atom. The molecule has 5 heteroatoms. The highest BCUT2D eigenvalue weighted by atomic mass is 32.2. The first-order valence-corrected chi connectivity index (χ1v) is 8.62. The van der Waals surface area contributed by atoms with Gasteiger partial charge < -0.3 is 4.98 Å². The Morgan fingerprint density at radius 2 is 2.18 bits per heavy atom. The molecule has 0 radical (unpaired) electrons. The lowest BCUT2D eigenvalue weighted by atomic mass is 9.99. The molecule has 0 atom stereocenters. The molecule has 2 aromatic heterocycles. The second-order valence-electron chi connectivity index (χ2n) is 5.01. The van der Waals surface area contributed by atoms with E-state index in [0.29, 0.717) is 16.3 Å². The van der Waals surface area contributed by atoms with Crippen molar-refractivity contribution < 1.29 is 0 Å². The summed E-state index contributed by atoms with van der Waals surface area (Å²) in [6, 6.07) is 6.24. The highest BCUT2D eigenvalue weighted by Gasteiger charge is 2.14. The molecule has 0 saturated carbocycles. The number of aromatic nitrogens is 2. The number of fused-ring (bicyclic) bond motifs is 1. The number of terminal acetylenes is 1. The molecule has 1 N–H and O–H groups in total. The lowest BCUT2D eigenvalue weighted by Crippen LogP contribution is -2.08. The number of hydrogen-bond donors (Lipinski definition) is 1. The number of benzene rings is 1. The third-order valence-electron chi connectivity index (χ3n) is 3.39. The van der Waals surface area contributed by atoms with E-state index in [1.165, 1.54) is 28.7 Å². The van der Waals surface area contributed by atoms with Crippen LogP contribution in [-0.4, -0.2) is 15.7 Å². The SMILES string of the molecule is C#CCSc1nc2scc(-c3ccc(C)cc3C)c2c(=O)[nH]1. The van der Waals surface area contributed by atoms with Crippen LogP contribution in [0.15, 0.2) is 33.5 Å². The fourth-order valence-electron chi connectivity index (χ4n) is 2.42. The fourth-order valence-corrected chi connectivity index (χ4v) is 3.96. The third-order valence-corrected chi connectivity index (χ3v) is 5.04. The Morgan fingerprint density at radius 1 is 1.36 bits per heavy atom. The van der Waals surface area contributed by atoms with Crippen LogP contribution in [-0.2, 0) is 0 Å². The number of aromatic amines is 1. The third kappa shape index (κ3) is 2.68. The quantitative estimate of drug-likeness (QED) is 0.450. The van der Waals surface area contributed by atoms with Gasteiger partial charge in [0.2, 0.25) is 0 Å². The highest BCUT2D eigenvalue weighted by molar-refractivity contribution is 7.99. The molecule has 0 aliphatic heterocycles. The molecule has 0 spiro atoms. The van der Waals surface area contributed by atoms with Gasteiger partial charge in [-0.2, -0.15) is 0 Å². The monoisotopic (exact) mass is 326 g/mol. The average molecular weight is 326 g/mol. The van der Waals surface area contributed by atoms with E-state index in [1.54, 1.807) is 0 Å². The lowest BCUT2D eigenvalue weighted by molar-refractivity contribution is 0.983. The largest absolute Gasteiger partial charge is 0.301 e. The molecule has 22 heavy (non-hydrogen) atoms. The van der Waals surface area contributed by atoms with E-state index >= 15 is 0 Å². The van der Waals surface area contributed by atoms with Crippen LogP contribution in [0.4, 0.5) is 0 Å². The number of hydrogen-bond acceptors (Lipinski definition) is 4. The molecule has 0 amide bonds. The molecular weight excluding hydrogens is 312 g/mol. The molecule has 0 unspecified atom stereocenters. The second-order valence-corrected chi connectivity index (χ2v) is 6.83. The molecule has 3 nitrogen and oxygen atoms in total. The van der Waals surface area contributed by atoms with Gasteiger partial charge in [0.05, 0.1) is 11.1 Å². The summed E-state index contributed by atoms with van der Waals surface area (Å²) in [6.45, 7) is 4.12. The number of H-pyrrole nitrogens is 1. The number of thioether (sulfide) groups is 1. The van der Waals surface area contributed by atoms with Crippen molar-refractivity contribution in [2.75, 3.05) is 5.75 Å². The van der Waals surface area contributed by atoms with Crippen LogP contribution in [0.25, 0.3) is 21.3 Å². The Balaban J connectivity index is 2.17. The molecule has 3 rings (SSSR count). The molecule has 0 fully saturated rings. The Bertz CT molecular complexity index is 947. The first kappa shape index (κ1) is 14.9. The van der Waals surface area contributed by atoms with Gasteiger partial charge in [0.1, 0.15) is 4.83 Å². The summed E-state index contributed by atoms with van der Waals surface area (Å²) in [5, 5.41) is 3.23. The van der Waals surface area contributed by atoms with Crippen molar-refractivity contribution in [2.24, 2.45) is 0 Å². The minimum absolute atomic E-state index is 0.110. The van der Waals surface area contributed by atoms with Gasteiger partial charge in [-0.05, 0) is 25.0 Å². The maximum Gasteiger partial charge on any atom is 0.260 e. The topological polar surface area (TPSA) is 45.8 Å². The number of aryl methyl sites for hydroxylation is 2. The summed E-state index contributed by atoms with van der Waals surface area (Å²) >= 11 is 2.85. The van der Waals surface area contributed by atoms with Gasteiger partial charge in [-0.1, -0.05) is 41.4 Å². The van der Waals surface area contributed by atoms with Gasteiger partial charge >= 0.3 is 0 Å². The normalized spacial score (nSPS) is 10.8. The van der Waals surface area contributed by atoms with E-state index in [4.69, 9.17) is 6.42 Å². The van der Waals surface area contributed by atoms with Crippen LogP contribution in [0.3, 0.4) is 0 Å². The van der Waals surface area contributed by atoms with Crippen molar-refractivity contribution in [3.8, 4) is 23.5 Å². The summed E-state index contributed by atoms with van der Waals surface area (Å²) in [5.41, 5.74) is 4.28. The Labute approximate surface area is 136 Å². The first-order valence-electron chi connectivity index (χ1n) is 6.75. The summed E-state index contributed by atoms with van der Waals surface area (Å²) in [7, 11) is 0. The molecule has 110 valence electrons. The van der Waals surface area contributed by atoms with Crippen LogP contribution in [0.5, 0.6) is 0 Å². The molecule has 2 heterocycles. The zero-order valence-corrected chi connectivity index (χ0v) is 13.9. The first-order chi connectivity index (χ1) is 10.6. The molecule has 0 saturated heterocycles. The summed E-state index contributed by atoms with van der Waals surface area (Å²) in [4.78, 5) is 20.5. The molecule has 0 aliphatic carbocycles. The van der Waals surface area contributed by atoms with E-state index < -0.39 is 0 Å². The van der Waals surface area contributed by atoms with Gasteiger partial charge in [-0.15, -0.1) is 17.8 Å². The van der Waals surface area contributed by atoms with Crippen LogP contribution in [0.1, 0.15) is 11.1 Å². The maximum atomic E-state index is 12.4. The van der Waals surface area contributed by atoms with Gasteiger partial charge in [0.15, 0.2) is 5.16 Å². The van der Waals surface area contributed by atoms with Gasteiger partial charge in [-0.3, -0.25) is 4.79 Å². The van der Waals surface area contributed by atoms with E-state index in [0.717, 1.165) is 21.5 Å². The number of thiophene rings is 1. The molecule has 3 aromatic rings.